The molecule has 0 unspecified atom stereocenters. The van der Waals surface area contributed by atoms with Crippen LogP contribution in [0, 0.1) is 5.82 Å². The van der Waals surface area contributed by atoms with E-state index in [9.17, 15) is 61.9 Å². The van der Waals surface area contributed by atoms with E-state index < -0.39 is 48.6 Å². The van der Waals surface area contributed by atoms with Crippen LogP contribution in [-0.4, -0.2) is 148 Å². The number of likely N-dealkylation sites (N-methyl/N-ethyl adjacent to an activating group) is 1. The molecule has 2 bridgehead atoms. The molecule has 0 aliphatic carbocycles. The number of alkyl halides is 12. The number of likely N-dealkylation sites (tertiary alicyclic amines) is 2. The van der Waals surface area contributed by atoms with Gasteiger partial charge in [-0.2, -0.15) is 52.7 Å². The normalized spacial score (nSPS) is 18.5. The van der Waals surface area contributed by atoms with Crippen LogP contribution in [0.15, 0.2) is 66.7 Å². The van der Waals surface area contributed by atoms with Crippen molar-refractivity contribution in [3.63, 3.8) is 0 Å². The number of hydrogen-bond donors (Lipinski definition) is 6. The van der Waals surface area contributed by atoms with E-state index in [1.165, 1.54) is 23.6 Å². The number of amides is 1. The van der Waals surface area contributed by atoms with Crippen molar-refractivity contribution < 1.29 is 101 Å². The van der Waals surface area contributed by atoms with Crippen molar-refractivity contribution in [1.82, 2.24) is 25.3 Å². The van der Waals surface area contributed by atoms with E-state index in [2.05, 4.69) is 57.5 Å². The van der Waals surface area contributed by atoms with Crippen LogP contribution in [0.1, 0.15) is 40.4 Å². The van der Waals surface area contributed by atoms with Crippen molar-refractivity contribution in [2.45, 2.75) is 75.8 Å². The summed E-state index contributed by atoms with van der Waals surface area (Å²) in [7, 11) is 2.21. The third-order valence-corrected chi connectivity index (χ3v) is 9.75. The topological polar surface area (TPSA) is 200 Å². The summed E-state index contributed by atoms with van der Waals surface area (Å²) in [5.41, 5.74) is 5.31. The quantitative estimate of drug-likeness (QED) is 0.132. The number of hydrogen-bond acceptors (Lipinski definition) is 9. The summed E-state index contributed by atoms with van der Waals surface area (Å²) in [5, 5.41) is 35.0. The lowest BCUT2D eigenvalue weighted by Gasteiger charge is -2.31. The summed E-state index contributed by atoms with van der Waals surface area (Å²) in [6, 6.07) is 23.0. The van der Waals surface area contributed by atoms with Gasteiger partial charge in [-0.1, -0.05) is 36.4 Å². The highest BCUT2D eigenvalue weighted by atomic mass is 19.4. The van der Waals surface area contributed by atoms with E-state index in [4.69, 9.17) is 39.6 Å². The average molecular weight is 998 g/mol. The number of fused-ring (bicyclic) bond motifs is 2. The highest BCUT2D eigenvalue weighted by Crippen LogP contribution is 2.31. The summed E-state index contributed by atoms with van der Waals surface area (Å²) < 4.78 is 142. The fourth-order valence-electron chi connectivity index (χ4n) is 6.63. The van der Waals surface area contributed by atoms with Gasteiger partial charge in [0.25, 0.3) is 5.91 Å². The summed E-state index contributed by atoms with van der Waals surface area (Å²) in [4.78, 5) is 56.1. The predicted molar refractivity (Wildman–Crippen MR) is 212 cm³/mol. The minimum absolute atomic E-state index is 0.109. The van der Waals surface area contributed by atoms with E-state index in [-0.39, 0.29) is 11.7 Å². The molecule has 0 saturated carbocycles. The number of aliphatic carboxylic acids is 4. The van der Waals surface area contributed by atoms with Crippen LogP contribution in [0.4, 0.5) is 57.1 Å². The Bertz CT molecular complexity index is 2090. The van der Waals surface area contributed by atoms with E-state index in [1.54, 1.807) is 6.07 Å². The number of piperazine rings is 2. The molecule has 0 spiro atoms. The Labute approximate surface area is 377 Å². The fourth-order valence-corrected chi connectivity index (χ4v) is 6.63. The van der Waals surface area contributed by atoms with Gasteiger partial charge in [0.05, 0.1) is 0 Å². The molecular weight excluding hydrogens is 953 g/mol. The van der Waals surface area contributed by atoms with Gasteiger partial charge in [0.2, 0.25) is 0 Å². The number of benzene rings is 3. The molecule has 6 N–H and O–H groups in total. The van der Waals surface area contributed by atoms with Gasteiger partial charge in [-0.15, -0.1) is 0 Å². The Morgan fingerprint density at radius 3 is 1.60 bits per heavy atom. The Hall–Kier alpha value is -6.06. The molecule has 6 rings (SSSR count). The zero-order valence-electron chi connectivity index (χ0n) is 35.5. The zero-order valence-corrected chi connectivity index (χ0v) is 35.5. The van der Waals surface area contributed by atoms with Crippen molar-refractivity contribution in [2.75, 3.05) is 39.8 Å². The fraction of sp³-hybridized carbons (Fsp3) is 0.439. The molecule has 3 aromatic rings. The standard InChI is InChI=1S/C33H40FN5O.4C2HF3O2/c1-23-18-38(12-11-35-23)19-25-5-3-7-27(13-25)31-15-24(9-10-32(31)34)17-36-33(40)28-8-4-6-26(14-28)20-39-22-29-16-30(39)21-37(29)2;4*3-2(4,5)1(6)7/h3-10,13-15,23,29-30,35H,11-12,16-22H2,1-2H3,(H,36,40);4*(H,6,7)/t23-,29+,30+;;;;/m0..../s1. The number of carbonyl (C=O) groups excluding carboxylic acids is 1. The summed E-state index contributed by atoms with van der Waals surface area (Å²) >= 11 is 0. The highest BCUT2D eigenvalue weighted by Gasteiger charge is 2.42. The molecule has 0 aromatic heterocycles. The lowest BCUT2D eigenvalue weighted by Crippen LogP contribution is -2.48. The maximum Gasteiger partial charge on any atom is 0.490 e. The average Bonchev–Trinajstić information content (AvgIpc) is 3.79. The van der Waals surface area contributed by atoms with Crippen LogP contribution >= 0.6 is 0 Å². The lowest BCUT2D eigenvalue weighted by atomic mass is 10.00. The first kappa shape index (κ1) is 58.1. The molecule has 3 heterocycles. The summed E-state index contributed by atoms with van der Waals surface area (Å²) in [6.45, 7) is 9.52. The molecule has 3 aliphatic heterocycles. The number of nitrogens with zero attached hydrogens (tertiary/aromatic N) is 3. The molecule has 27 heteroatoms. The Kier molecular flexibility index (Phi) is 21.2. The molecule has 1 amide bonds. The van der Waals surface area contributed by atoms with Crippen molar-refractivity contribution in [3.05, 3.63) is 94.8 Å². The molecule has 0 radical (unpaired) electrons. The molecule has 3 aliphatic rings. The number of rotatable bonds is 8. The van der Waals surface area contributed by atoms with Crippen LogP contribution in [-0.2, 0) is 38.8 Å². The third-order valence-electron chi connectivity index (χ3n) is 9.75. The van der Waals surface area contributed by atoms with Crippen LogP contribution in [0.3, 0.4) is 0 Å². The molecule has 68 heavy (non-hydrogen) atoms. The first-order valence-electron chi connectivity index (χ1n) is 19.5. The van der Waals surface area contributed by atoms with Crippen LogP contribution in [0.5, 0.6) is 0 Å². The number of carbonyl (C=O) groups is 5. The van der Waals surface area contributed by atoms with E-state index >= 15 is 0 Å². The largest absolute Gasteiger partial charge is 0.490 e. The molecule has 3 atom stereocenters. The van der Waals surface area contributed by atoms with Gasteiger partial charge in [0.1, 0.15) is 5.82 Å². The Morgan fingerprint density at radius 1 is 0.647 bits per heavy atom. The Balaban J connectivity index is 0.000000460. The summed E-state index contributed by atoms with van der Waals surface area (Å²) in [5.74, 6) is -11.4. The van der Waals surface area contributed by atoms with E-state index in [0.29, 0.717) is 35.8 Å². The van der Waals surface area contributed by atoms with Crippen molar-refractivity contribution in [1.29, 1.82) is 0 Å². The van der Waals surface area contributed by atoms with Gasteiger partial charge >= 0.3 is 48.6 Å². The zero-order chi connectivity index (χ0) is 51.9. The van der Waals surface area contributed by atoms with Crippen molar-refractivity contribution >= 4 is 29.8 Å². The minimum Gasteiger partial charge on any atom is -0.475 e. The van der Waals surface area contributed by atoms with E-state index in [0.717, 1.165) is 56.9 Å². The van der Waals surface area contributed by atoms with Gasteiger partial charge in [0.15, 0.2) is 0 Å². The number of halogens is 13. The SMILES string of the molecule is C[C@H]1CN(Cc2cccc(-c3cc(CNC(=O)c4cccc(CN5C[C@H]6C[C@@H]5CN6C)c4)ccc3F)c2)CCN1.O=C(O)C(F)(F)F.O=C(O)C(F)(F)F.O=C(O)C(F)(F)F.O=C(O)C(F)(F)F. The van der Waals surface area contributed by atoms with Gasteiger partial charge < -0.3 is 36.0 Å². The van der Waals surface area contributed by atoms with Gasteiger partial charge in [-0.3, -0.25) is 14.6 Å². The van der Waals surface area contributed by atoms with Crippen LogP contribution < -0.4 is 10.6 Å². The summed E-state index contributed by atoms with van der Waals surface area (Å²) in [6.07, 6.45) is -19.1. The Morgan fingerprint density at radius 2 is 1.15 bits per heavy atom. The maximum absolute atomic E-state index is 14.9. The highest BCUT2D eigenvalue weighted by molar-refractivity contribution is 5.94. The molecular formula is C41H44F13N5O9. The van der Waals surface area contributed by atoms with Crippen LogP contribution in [0.2, 0.25) is 0 Å². The molecule has 3 fully saturated rings. The second-order valence-corrected chi connectivity index (χ2v) is 15.1. The smallest absolute Gasteiger partial charge is 0.475 e. The first-order chi connectivity index (χ1) is 31.2. The second kappa shape index (κ2) is 24.8. The predicted octanol–water partition coefficient (Wildman–Crippen LogP) is 6.64. The maximum atomic E-state index is 14.9. The van der Waals surface area contributed by atoms with Gasteiger partial charge in [-0.25, -0.2) is 23.6 Å². The molecule has 378 valence electrons. The number of carboxylic acid groups (broad SMARTS) is 4. The monoisotopic (exact) mass is 997 g/mol. The minimum atomic E-state index is -5.08. The number of carboxylic acids is 4. The lowest BCUT2D eigenvalue weighted by molar-refractivity contribution is -0.193. The van der Waals surface area contributed by atoms with Gasteiger partial charge in [0, 0.05) is 81.6 Å². The molecule has 14 nitrogen and oxygen atoms in total. The molecule has 3 saturated heterocycles. The van der Waals surface area contributed by atoms with Crippen LogP contribution in [0.25, 0.3) is 11.1 Å². The van der Waals surface area contributed by atoms with E-state index in [1.807, 2.05) is 36.4 Å². The first-order valence-corrected chi connectivity index (χ1v) is 19.5. The van der Waals surface area contributed by atoms with Crippen molar-refractivity contribution in [3.8, 4) is 11.1 Å². The van der Waals surface area contributed by atoms with Gasteiger partial charge in [-0.05, 0) is 73.0 Å². The second-order valence-electron chi connectivity index (χ2n) is 15.1. The third kappa shape index (κ3) is 20.0. The number of nitrogens with one attached hydrogen (secondary N) is 2. The van der Waals surface area contributed by atoms with Crippen molar-refractivity contribution in [2.24, 2.45) is 0 Å². The molecule has 3 aromatic carbocycles.